The predicted molar refractivity (Wildman–Crippen MR) is 74.9 cm³/mol. The van der Waals surface area contributed by atoms with Crippen LogP contribution in [0.15, 0.2) is 0 Å². The second-order valence-corrected chi connectivity index (χ2v) is 4.48. The second kappa shape index (κ2) is 13.9. The van der Waals surface area contributed by atoms with Gasteiger partial charge in [0.05, 0.1) is 0 Å². The minimum absolute atomic E-state index is 0.300. The van der Waals surface area contributed by atoms with E-state index >= 15 is 0 Å². The molecule has 0 heterocycles. The molecule has 0 amide bonds. The monoisotopic (exact) mass is 245 g/mol. The van der Waals surface area contributed by atoms with Gasteiger partial charge in [-0.3, -0.25) is 0 Å². The van der Waals surface area contributed by atoms with Crippen LogP contribution in [0.3, 0.4) is 0 Å². The molecule has 0 rings (SSSR count). The lowest BCUT2D eigenvalue weighted by atomic mass is 10.1. The van der Waals surface area contributed by atoms with Gasteiger partial charge in [0.25, 0.3) is 0 Å². The molecule has 0 aromatic heterocycles. The van der Waals surface area contributed by atoms with Crippen LogP contribution in [0.4, 0.5) is 0 Å². The van der Waals surface area contributed by atoms with E-state index in [-0.39, 0.29) is 0 Å². The molecule has 0 aromatic carbocycles. The second-order valence-electron chi connectivity index (χ2n) is 4.48. The quantitative estimate of drug-likeness (QED) is 0.278. The predicted octanol–water partition coefficient (Wildman–Crippen LogP) is -0.639. The van der Waals surface area contributed by atoms with Crippen LogP contribution in [0.25, 0.3) is 0 Å². The van der Waals surface area contributed by atoms with Crippen molar-refractivity contribution in [2.45, 2.75) is 38.1 Å². The maximum absolute atomic E-state index is 5.94. The van der Waals surface area contributed by atoms with Crippen LogP contribution in [0, 0.1) is 0 Å². The van der Waals surface area contributed by atoms with E-state index < -0.39 is 0 Å². The highest BCUT2D eigenvalue weighted by atomic mass is 14.9. The molecule has 5 nitrogen and oxygen atoms in total. The van der Waals surface area contributed by atoms with Gasteiger partial charge < -0.3 is 27.8 Å². The number of nitrogens with one attached hydrogen (secondary N) is 2. The van der Waals surface area contributed by atoms with Gasteiger partial charge in [0.2, 0.25) is 0 Å². The molecule has 1 atom stereocenters. The average Bonchev–Trinajstić information content (AvgIpc) is 2.34. The van der Waals surface area contributed by atoms with Crippen molar-refractivity contribution in [3.05, 3.63) is 0 Å². The summed E-state index contributed by atoms with van der Waals surface area (Å²) in [6.45, 7) is 5.67. The van der Waals surface area contributed by atoms with Crippen LogP contribution in [-0.4, -0.2) is 45.3 Å². The molecule has 1 unspecified atom stereocenters. The first-order valence-electron chi connectivity index (χ1n) is 6.88. The Balaban J connectivity index is 3.02. The zero-order valence-electron chi connectivity index (χ0n) is 11.1. The SMILES string of the molecule is NCCCNCCCNCCC(N)CCCN. The van der Waals surface area contributed by atoms with Crippen molar-refractivity contribution in [2.75, 3.05) is 39.3 Å². The van der Waals surface area contributed by atoms with E-state index in [2.05, 4.69) is 10.6 Å². The van der Waals surface area contributed by atoms with Crippen molar-refractivity contribution in [1.29, 1.82) is 0 Å². The highest BCUT2D eigenvalue weighted by molar-refractivity contribution is 4.63. The van der Waals surface area contributed by atoms with Gasteiger partial charge in [0.15, 0.2) is 0 Å². The molecule has 0 radical (unpaired) electrons. The molecule has 0 bridgehead atoms. The molecule has 5 heteroatoms. The van der Waals surface area contributed by atoms with Gasteiger partial charge in [-0.1, -0.05) is 0 Å². The Bertz CT molecular complexity index is 143. The van der Waals surface area contributed by atoms with E-state index in [0.29, 0.717) is 6.04 Å². The molecule has 0 aliphatic rings. The number of nitrogens with two attached hydrogens (primary N) is 3. The van der Waals surface area contributed by atoms with E-state index in [4.69, 9.17) is 17.2 Å². The largest absolute Gasteiger partial charge is 0.330 e. The zero-order chi connectivity index (χ0) is 12.8. The fourth-order valence-corrected chi connectivity index (χ4v) is 1.63. The van der Waals surface area contributed by atoms with Crippen LogP contribution in [0.5, 0.6) is 0 Å². The number of hydrogen-bond acceptors (Lipinski definition) is 5. The number of hydrogen-bond donors (Lipinski definition) is 5. The minimum Gasteiger partial charge on any atom is -0.330 e. The van der Waals surface area contributed by atoms with Crippen molar-refractivity contribution in [2.24, 2.45) is 17.2 Å². The maximum Gasteiger partial charge on any atom is 0.00513 e. The normalized spacial score (nSPS) is 12.9. The van der Waals surface area contributed by atoms with Gasteiger partial charge in [-0.05, 0) is 71.4 Å². The van der Waals surface area contributed by atoms with Crippen molar-refractivity contribution < 1.29 is 0 Å². The Labute approximate surface area is 106 Å². The standard InChI is InChI=1S/C12H31N5/c13-6-1-4-12(15)5-11-17-10-3-9-16-8-2-7-14/h12,16-17H,1-11,13-15H2. The fraction of sp³-hybridized carbons (Fsp3) is 1.00. The molecule has 0 fully saturated rings. The summed E-state index contributed by atoms with van der Waals surface area (Å²) >= 11 is 0. The lowest BCUT2D eigenvalue weighted by molar-refractivity contribution is 0.511. The third-order valence-electron chi connectivity index (χ3n) is 2.74. The van der Waals surface area contributed by atoms with Crippen molar-refractivity contribution in [3.8, 4) is 0 Å². The fourth-order valence-electron chi connectivity index (χ4n) is 1.63. The molecule has 104 valence electrons. The highest BCUT2D eigenvalue weighted by Crippen LogP contribution is 1.96. The number of rotatable bonds is 13. The highest BCUT2D eigenvalue weighted by Gasteiger charge is 2.00. The Morgan fingerprint density at radius 3 is 1.94 bits per heavy atom. The third kappa shape index (κ3) is 13.7. The van der Waals surface area contributed by atoms with Gasteiger partial charge in [-0.25, -0.2) is 0 Å². The van der Waals surface area contributed by atoms with Gasteiger partial charge in [-0.2, -0.15) is 0 Å². The first-order valence-corrected chi connectivity index (χ1v) is 6.88. The molecule has 8 N–H and O–H groups in total. The summed E-state index contributed by atoms with van der Waals surface area (Å²) in [7, 11) is 0. The van der Waals surface area contributed by atoms with E-state index in [1.807, 2.05) is 0 Å². The summed E-state index contributed by atoms with van der Waals surface area (Å²) in [6, 6.07) is 0.300. The Kier molecular flexibility index (Phi) is 13.7. The van der Waals surface area contributed by atoms with Crippen LogP contribution in [-0.2, 0) is 0 Å². The van der Waals surface area contributed by atoms with E-state index in [1.54, 1.807) is 0 Å². The summed E-state index contributed by atoms with van der Waals surface area (Å²) in [4.78, 5) is 0. The van der Waals surface area contributed by atoms with Crippen molar-refractivity contribution in [3.63, 3.8) is 0 Å². The van der Waals surface area contributed by atoms with Crippen LogP contribution >= 0.6 is 0 Å². The van der Waals surface area contributed by atoms with Gasteiger partial charge in [0.1, 0.15) is 0 Å². The molecule has 0 spiro atoms. The Morgan fingerprint density at radius 1 is 0.706 bits per heavy atom. The molecule has 17 heavy (non-hydrogen) atoms. The maximum atomic E-state index is 5.94. The van der Waals surface area contributed by atoms with Gasteiger partial charge in [0, 0.05) is 6.04 Å². The molecular formula is C12H31N5. The molecule has 0 aliphatic carbocycles. The summed E-state index contributed by atoms with van der Waals surface area (Å²) in [5.41, 5.74) is 16.8. The smallest absolute Gasteiger partial charge is 0.00513 e. The molecule has 0 aromatic rings. The van der Waals surface area contributed by atoms with Crippen LogP contribution < -0.4 is 27.8 Å². The first-order chi connectivity index (χ1) is 8.31. The third-order valence-corrected chi connectivity index (χ3v) is 2.74. The average molecular weight is 245 g/mol. The minimum atomic E-state index is 0.300. The summed E-state index contributed by atoms with van der Waals surface area (Å²) < 4.78 is 0. The summed E-state index contributed by atoms with van der Waals surface area (Å²) in [5, 5.41) is 6.76. The summed E-state index contributed by atoms with van der Waals surface area (Å²) in [6.07, 6.45) is 5.33. The van der Waals surface area contributed by atoms with Gasteiger partial charge in [-0.15, -0.1) is 0 Å². The van der Waals surface area contributed by atoms with Crippen molar-refractivity contribution in [1.82, 2.24) is 10.6 Å². The zero-order valence-corrected chi connectivity index (χ0v) is 11.1. The van der Waals surface area contributed by atoms with E-state index in [0.717, 1.165) is 71.4 Å². The van der Waals surface area contributed by atoms with Crippen LogP contribution in [0.2, 0.25) is 0 Å². The Hall–Kier alpha value is -0.200. The Morgan fingerprint density at radius 2 is 1.29 bits per heavy atom. The first kappa shape index (κ1) is 16.8. The molecule has 0 saturated heterocycles. The van der Waals surface area contributed by atoms with Gasteiger partial charge >= 0.3 is 0 Å². The molecule has 0 aliphatic heterocycles. The lowest BCUT2D eigenvalue weighted by Gasteiger charge is -2.11. The van der Waals surface area contributed by atoms with E-state index in [9.17, 15) is 0 Å². The van der Waals surface area contributed by atoms with Crippen molar-refractivity contribution >= 4 is 0 Å². The molecular weight excluding hydrogens is 214 g/mol. The lowest BCUT2D eigenvalue weighted by Crippen LogP contribution is -2.29. The topological polar surface area (TPSA) is 102 Å². The molecule has 0 saturated carbocycles. The van der Waals surface area contributed by atoms with E-state index in [1.165, 1.54) is 0 Å². The summed E-state index contributed by atoms with van der Waals surface area (Å²) in [5.74, 6) is 0. The van der Waals surface area contributed by atoms with Crippen LogP contribution in [0.1, 0.15) is 32.1 Å².